The summed E-state index contributed by atoms with van der Waals surface area (Å²) in [4.78, 5) is 5.42. The van der Waals surface area contributed by atoms with Crippen molar-refractivity contribution in [2.75, 3.05) is 0 Å². The number of nitrogens with zero attached hydrogens (tertiary/aromatic N) is 2. The predicted molar refractivity (Wildman–Crippen MR) is 74.5 cm³/mol. The molecule has 0 bridgehead atoms. The number of para-hydroxylation sites is 1. The number of imidazole rings is 1. The van der Waals surface area contributed by atoms with Gasteiger partial charge in [-0.15, -0.1) is 11.3 Å². The predicted octanol–water partition coefficient (Wildman–Crippen LogP) is 3.03. The number of aliphatic hydroxyl groups is 1. The standard InChI is InChI=1S/C14H14N2O2S/c1-10(17)12-4-2-3-5-13(12)18-9-11-8-16-6-7-19-14(16)15-11/h2-8,10,17H,9H2,1H3. The Bertz CT molecular complexity index is 659. The zero-order valence-corrected chi connectivity index (χ0v) is 11.3. The smallest absolute Gasteiger partial charge is 0.193 e. The van der Waals surface area contributed by atoms with Gasteiger partial charge in [0.2, 0.25) is 0 Å². The maximum Gasteiger partial charge on any atom is 0.193 e. The molecule has 0 aliphatic heterocycles. The van der Waals surface area contributed by atoms with Crippen molar-refractivity contribution in [3.63, 3.8) is 0 Å². The van der Waals surface area contributed by atoms with E-state index < -0.39 is 6.10 Å². The minimum Gasteiger partial charge on any atom is -0.487 e. The summed E-state index contributed by atoms with van der Waals surface area (Å²) in [6.07, 6.45) is 3.39. The van der Waals surface area contributed by atoms with Gasteiger partial charge in [0.1, 0.15) is 12.4 Å². The largest absolute Gasteiger partial charge is 0.487 e. The first-order valence-corrected chi connectivity index (χ1v) is 6.93. The van der Waals surface area contributed by atoms with Crippen LogP contribution in [0.5, 0.6) is 5.75 Å². The molecule has 3 aromatic rings. The van der Waals surface area contributed by atoms with Crippen LogP contribution in [-0.4, -0.2) is 14.5 Å². The van der Waals surface area contributed by atoms with Gasteiger partial charge in [0.15, 0.2) is 4.96 Å². The number of fused-ring (bicyclic) bond motifs is 1. The summed E-state index contributed by atoms with van der Waals surface area (Å²) in [5.41, 5.74) is 1.68. The van der Waals surface area contributed by atoms with Crippen LogP contribution in [0.3, 0.4) is 0 Å². The van der Waals surface area contributed by atoms with E-state index in [2.05, 4.69) is 4.98 Å². The zero-order valence-electron chi connectivity index (χ0n) is 10.5. The fourth-order valence-corrected chi connectivity index (χ4v) is 2.67. The van der Waals surface area contributed by atoms with E-state index in [1.165, 1.54) is 0 Å². The van der Waals surface area contributed by atoms with Gasteiger partial charge < -0.3 is 9.84 Å². The molecule has 0 radical (unpaired) electrons. The van der Waals surface area contributed by atoms with Gasteiger partial charge in [-0.3, -0.25) is 4.40 Å². The molecular weight excluding hydrogens is 260 g/mol. The summed E-state index contributed by atoms with van der Waals surface area (Å²) in [7, 11) is 0. The van der Waals surface area contributed by atoms with Gasteiger partial charge in [-0.05, 0) is 13.0 Å². The van der Waals surface area contributed by atoms with Gasteiger partial charge in [0, 0.05) is 23.3 Å². The Morgan fingerprint density at radius 3 is 3.05 bits per heavy atom. The second-order valence-corrected chi connectivity index (χ2v) is 5.20. The molecule has 1 atom stereocenters. The zero-order chi connectivity index (χ0) is 13.2. The fraction of sp³-hybridized carbons (Fsp3) is 0.214. The van der Waals surface area contributed by atoms with Gasteiger partial charge in [-0.1, -0.05) is 18.2 Å². The molecule has 1 N–H and O–H groups in total. The van der Waals surface area contributed by atoms with Crippen molar-refractivity contribution in [1.29, 1.82) is 0 Å². The molecular formula is C14H14N2O2S. The van der Waals surface area contributed by atoms with Crippen molar-refractivity contribution in [3.05, 3.63) is 53.3 Å². The second kappa shape index (κ2) is 5.03. The van der Waals surface area contributed by atoms with Gasteiger partial charge in [-0.2, -0.15) is 0 Å². The molecule has 1 aromatic carbocycles. The van der Waals surface area contributed by atoms with Crippen molar-refractivity contribution >= 4 is 16.3 Å². The van der Waals surface area contributed by atoms with Crippen molar-refractivity contribution < 1.29 is 9.84 Å². The monoisotopic (exact) mass is 274 g/mol. The molecule has 2 heterocycles. The van der Waals surface area contributed by atoms with E-state index in [1.807, 2.05) is 46.4 Å². The lowest BCUT2D eigenvalue weighted by molar-refractivity contribution is 0.190. The Kier molecular flexibility index (Phi) is 3.23. The van der Waals surface area contributed by atoms with E-state index >= 15 is 0 Å². The summed E-state index contributed by atoms with van der Waals surface area (Å²) >= 11 is 1.59. The van der Waals surface area contributed by atoms with E-state index in [9.17, 15) is 5.11 Å². The van der Waals surface area contributed by atoms with Crippen LogP contribution in [0.2, 0.25) is 0 Å². The van der Waals surface area contributed by atoms with Crippen molar-refractivity contribution in [2.45, 2.75) is 19.6 Å². The topological polar surface area (TPSA) is 46.8 Å². The van der Waals surface area contributed by atoms with E-state index in [0.717, 1.165) is 16.2 Å². The average molecular weight is 274 g/mol. The summed E-state index contributed by atoms with van der Waals surface area (Å²) in [6.45, 7) is 2.13. The highest BCUT2D eigenvalue weighted by atomic mass is 32.1. The summed E-state index contributed by atoms with van der Waals surface area (Å²) < 4.78 is 7.73. The quantitative estimate of drug-likeness (QED) is 0.795. The van der Waals surface area contributed by atoms with Crippen molar-refractivity contribution in [2.24, 2.45) is 0 Å². The van der Waals surface area contributed by atoms with Crippen molar-refractivity contribution in [3.8, 4) is 5.75 Å². The average Bonchev–Trinajstić information content (AvgIpc) is 2.97. The second-order valence-electron chi connectivity index (χ2n) is 4.33. The Morgan fingerprint density at radius 1 is 1.42 bits per heavy atom. The van der Waals surface area contributed by atoms with Gasteiger partial charge >= 0.3 is 0 Å². The molecule has 1 unspecified atom stereocenters. The molecule has 0 spiro atoms. The summed E-state index contributed by atoms with van der Waals surface area (Å²) in [5, 5.41) is 11.7. The lowest BCUT2D eigenvalue weighted by atomic mass is 10.1. The van der Waals surface area contributed by atoms with Gasteiger partial charge in [0.25, 0.3) is 0 Å². The number of rotatable bonds is 4. The maximum absolute atomic E-state index is 9.68. The van der Waals surface area contributed by atoms with Crippen LogP contribution < -0.4 is 4.74 Å². The minimum absolute atomic E-state index is 0.401. The number of aliphatic hydroxyl groups excluding tert-OH is 1. The molecule has 0 aliphatic carbocycles. The Morgan fingerprint density at radius 2 is 2.26 bits per heavy atom. The molecule has 0 saturated heterocycles. The molecule has 4 nitrogen and oxygen atoms in total. The number of thiazole rings is 1. The normalized spacial score (nSPS) is 12.7. The lowest BCUT2D eigenvalue weighted by Crippen LogP contribution is -2.00. The summed E-state index contributed by atoms with van der Waals surface area (Å²) in [6, 6.07) is 7.51. The molecule has 98 valence electrons. The van der Waals surface area contributed by atoms with Crippen LogP contribution in [0, 0.1) is 0 Å². The number of hydrogen-bond donors (Lipinski definition) is 1. The van der Waals surface area contributed by atoms with E-state index in [-0.39, 0.29) is 0 Å². The maximum atomic E-state index is 9.68. The van der Waals surface area contributed by atoms with E-state index in [1.54, 1.807) is 18.3 Å². The number of ether oxygens (including phenoxy) is 1. The first-order chi connectivity index (χ1) is 9.24. The Hall–Kier alpha value is -1.85. The number of hydrogen-bond acceptors (Lipinski definition) is 4. The first-order valence-electron chi connectivity index (χ1n) is 6.05. The van der Waals surface area contributed by atoms with Crippen molar-refractivity contribution in [1.82, 2.24) is 9.38 Å². The van der Waals surface area contributed by atoms with Gasteiger partial charge in [0.05, 0.1) is 11.8 Å². The summed E-state index contributed by atoms with van der Waals surface area (Å²) in [5.74, 6) is 0.703. The molecule has 0 aliphatic rings. The molecule has 5 heteroatoms. The van der Waals surface area contributed by atoms with Crippen LogP contribution in [0.4, 0.5) is 0 Å². The third-order valence-electron chi connectivity index (χ3n) is 2.89. The van der Waals surface area contributed by atoms with Crippen LogP contribution in [0.15, 0.2) is 42.0 Å². The number of aromatic nitrogens is 2. The molecule has 0 saturated carbocycles. The molecule has 2 aromatic heterocycles. The van der Waals surface area contributed by atoms with E-state index in [4.69, 9.17) is 4.74 Å². The first kappa shape index (κ1) is 12.2. The highest BCUT2D eigenvalue weighted by molar-refractivity contribution is 7.15. The fourth-order valence-electron chi connectivity index (χ4n) is 1.95. The minimum atomic E-state index is -0.540. The number of benzene rings is 1. The Labute approximate surface area is 114 Å². The highest BCUT2D eigenvalue weighted by Gasteiger charge is 2.09. The molecule has 3 rings (SSSR count). The molecule has 0 amide bonds. The third-order valence-corrected chi connectivity index (χ3v) is 3.66. The van der Waals surface area contributed by atoms with Crippen LogP contribution in [0.1, 0.15) is 24.3 Å². The molecule has 0 fully saturated rings. The van der Waals surface area contributed by atoms with E-state index in [0.29, 0.717) is 12.4 Å². The highest BCUT2D eigenvalue weighted by Crippen LogP contribution is 2.25. The molecule has 19 heavy (non-hydrogen) atoms. The van der Waals surface area contributed by atoms with Crippen LogP contribution >= 0.6 is 11.3 Å². The van der Waals surface area contributed by atoms with Crippen LogP contribution in [0.25, 0.3) is 4.96 Å². The SMILES string of the molecule is CC(O)c1ccccc1OCc1cn2ccsc2n1. The van der Waals surface area contributed by atoms with Gasteiger partial charge in [-0.25, -0.2) is 4.98 Å². The third kappa shape index (κ3) is 2.47. The Balaban J connectivity index is 1.77. The van der Waals surface area contributed by atoms with Crippen LogP contribution in [-0.2, 0) is 6.61 Å². The lowest BCUT2D eigenvalue weighted by Gasteiger charge is -2.12.